The Hall–Kier alpha value is -3.96. The second-order valence-corrected chi connectivity index (χ2v) is 10.1. The number of fused-ring (bicyclic) bond motifs is 1. The standard InChI is InChI=1S/C28H27ClN6O2/c1-17-11-20(13-30)26(15-31-17)35-25-6-4-3-5-24(25)34(28(35)37)16-19-7-9-22(10-8-19)33-27(36)23-12-21(29)14-32-18(23)2/h3-6,11-12,14-15,19,22H,7-10,16H2,1-2H3,(H,33,36)/t19-,22-. The number of rotatable bonds is 5. The number of carbonyl (C=O) groups is 1. The number of carbonyl (C=O) groups excluding carboxylic acids is 1. The summed E-state index contributed by atoms with van der Waals surface area (Å²) in [6.07, 6.45) is 6.57. The van der Waals surface area contributed by atoms with Crippen LogP contribution in [0.3, 0.4) is 0 Å². The molecule has 4 aromatic rings. The highest BCUT2D eigenvalue weighted by atomic mass is 35.5. The zero-order chi connectivity index (χ0) is 26.1. The Bertz CT molecular complexity index is 1590. The monoisotopic (exact) mass is 514 g/mol. The number of para-hydroxylation sites is 2. The number of aromatic nitrogens is 4. The van der Waals surface area contributed by atoms with E-state index in [9.17, 15) is 14.9 Å². The van der Waals surface area contributed by atoms with Crippen molar-refractivity contribution in [1.29, 1.82) is 5.26 Å². The van der Waals surface area contributed by atoms with E-state index in [4.69, 9.17) is 11.6 Å². The zero-order valence-electron chi connectivity index (χ0n) is 20.7. The fourth-order valence-electron chi connectivity index (χ4n) is 5.19. The van der Waals surface area contributed by atoms with E-state index in [1.807, 2.05) is 31.2 Å². The van der Waals surface area contributed by atoms with Crippen molar-refractivity contribution in [3.05, 3.63) is 86.8 Å². The summed E-state index contributed by atoms with van der Waals surface area (Å²) >= 11 is 6.03. The van der Waals surface area contributed by atoms with Crippen LogP contribution in [0.2, 0.25) is 5.02 Å². The van der Waals surface area contributed by atoms with Crippen molar-refractivity contribution in [3.63, 3.8) is 0 Å². The summed E-state index contributed by atoms with van der Waals surface area (Å²) in [5, 5.41) is 13.2. The molecule has 0 radical (unpaired) electrons. The van der Waals surface area contributed by atoms with Gasteiger partial charge in [0, 0.05) is 24.5 Å². The van der Waals surface area contributed by atoms with Crippen LogP contribution in [0.25, 0.3) is 16.7 Å². The molecule has 1 saturated carbocycles. The predicted octanol–water partition coefficient (Wildman–Crippen LogP) is 4.71. The molecule has 37 heavy (non-hydrogen) atoms. The van der Waals surface area contributed by atoms with Crippen molar-refractivity contribution in [1.82, 2.24) is 24.4 Å². The molecule has 1 aromatic carbocycles. The Morgan fingerprint density at radius 1 is 1.11 bits per heavy atom. The Balaban J connectivity index is 1.34. The first kappa shape index (κ1) is 24.7. The number of amides is 1. The van der Waals surface area contributed by atoms with Gasteiger partial charge in [0.2, 0.25) is 0 Å². The van der Waals surface area contributed by atoms with Gasteiger partial charge >= 0.3 is 5.69 Å². The SMILES string of the molecule is Cc1cc(C#N)c(-n2c(=O)n(C[C@H]3CC[C@H](NC(=O)c4cc(Cl)cnc4C)CC3)c3ccccc32)cn1. The summed E-state index contributed by atoms with van der Waals surface area (Å²) in [6, 6.07) is 13.3. The molecule has 8 nitrogen and oxygen atoms in total. The third-order valence-corrected chi connectivity index (χ3v) is 7.34. The number of nitrogens with zero attached hydrogens (tertiary/aromatic N) is 5. The number of aryl methyl sites for hydroxylation is 2. The van der Waals surface area contributed by atoms with E-state index in [2.05, 4.69) is 21.4 Å². The van der Waals surface area contributed by atoms with E-state index in [1.54, 1.807) is 34.4 Å². The summed E-state index contributed by atoms with van der Waals surface area (Å²) in [5.41, 5.74) is 4.18. The summed E-state index contributed by atoms with van der Waals surface area (Å²) in [7, 11) is 0. The second kappa shape index (κ2) is 10.2. The number of pyridine rings is 2. The fourth-order valence-corrected chi connectivity index (χ4v) is 5.34. The molecule has 1 N–H and O–H groups in total. The van der Waals surface area contributed by atoms with Crippen molar-refractivity contribution < 1.29 is 4.79 Å². The molecular weight excluding hydrogens is 488 g/mol. The minimum atomic E-state index is -0.178. The first-order chi connectivity index (χ1) is 17.9. The van der Waals surface area contributed by atoms with Crippen molar-refractivity contribution in [2.75, 3.05) is 0 Å². The smallest absolute Gasteiger partial charge is 0.333 e. The molecule has 1 fully saturated rings. The quantitative estimate of drug-likeness (QED) is 0.415. The lowest BCUT2D eigenvalue weighted by Crippen LogP contribution is -2.39. The van der Waals surface area contributed by atoms with Crippen LogP contribution in [-0.2, 0) is 6.54 Å². The average Bonchev–Trinajstić information content (AvgIpc) is 3.17. The lowest BCUT2D eigenvalue weighted by atomic mass is 9.85. The number of nitrogens with one attached hydrogen (secondary N) is 1. The molecule has 3 aromatic heterocycles. The van der Waals surface area contributed by atoms with Gasteiger partial charge in [-0.2, -0.15) is 5.26 Å². The summed E-state index contributed by atoms with van der Waals surface area (Å²) in [4.78, 5) is 34.9. The number of benzene rings is 1. The predicted molar refractivity (Wildman–Crippen MR) is 142 cm³/mol. The van der Waals surface area contributed by atoms with Crippen molar-refractivity contribution in [3.8, 4) is 11.8 Å². The van der Waals surface area contributed by atoms with Gasteiger partial charge in [-0.05, 0) is 69.7 Å². The molecule has 9 heteroatoms. The van der Waals surface area contributed by atoms with Crippen molar-refractivity contribution in [2.45, 2.75) is 52.1 Å². The largest absolute Gasteiger partial charge is 0.349 e. The topological polar surface area (TPSA) is 106 Å². The number of nitriles is 1. The van der Waals surface area contributed by atoms with Gasteiger partial charge in [0.15, 0.2) is 0 Å². The van der Waals surface area contributed by atoms with Crippen LogP contribution in [-0.4, -0.2) is 31.1 Å². The van der Waals surface area contributed by atoms with E-state index in [0.29, 0.717) is 40.0 Å². The van der Waals surface area contributed by atoms with Crippen LogP contribution < -0.4 is 11.0 Å². The van der Waals surface area contributed by atoms with Crippen LogP contribution in [0, 0.1) is 31.1 Å². The van der Waals surface area contributed by atoms with Gasteiger partial charge in [0.25, 0.3) is 5.91 Å². The number of halogens is 1. The van der Waals surface area contributed by atoms with Crippen molar-refractivity contribution >= 4 is 28.5 Å². The maximum Gasteiger partial charge on any atom is 0.333 e. The minimum Gasteiger partial charge on any atom is -0.349 e. The van der Waals surface area contributed by atoms with Gasteiger partial charge in [-0.25, -0.2) is 4.79 Å². The van der Waals surface area contributed by atoms with Crippen molar-refractivity contribution in [2.24, 2.45) is 5.92 Å². The summed E-state index contributed by atoms with van der Waals surface area (Å²) in [6.45, 7) is 4.19. The van der Waals surface area contributed by atoms with Crippen LogP contribution in [0.15, 0.2) is 53.6 Å². The Kier molecular flexibility index (Phi) is 6.81. The van der Waals surface area contributed by atoms with Crippen LogP contribution in [0.5, 0.6) is 0 Å². The molecule has 188 valence electrons. The highest BCUT2D eigenvalue weighted by molar-refractivity contribution is 6.30. The molecule has 0 unspecified atom stereocenters. The normalized spacial score (nSPS) is 17.5. The van der Waals surface area contributed by atoms with Gasteiger partial charge in [0.05, 0.1) is 44.8 Å². The first-order valence-electron chi connectivity index (χ1n) is 12.4. The van der Waals surface area contributed by atoms with E-state index < -0.39 is 0 Å². The highest BCUT2D eigenvalue weighted by Gasteiger charge is 2.26. The molecule has 0 atom stereocenters. The van der Waals surface area contributed by atoms with E-state index in [-0.39, 0.29) is 17.6 Å². The van der Waals surface area contributed by atoms with E-state index in [1.165, 1.54) is 6.20 Å². The summed E-state index contributed by atoms with van der Waals surface area (Å²) in [5.74, 6) is 0.140. The molecule has 1 amide bonds. The zero-order valence-corrected chi connectivity index (χ0v) is 21.5. The molecule has 1 aliphatic carbocycles. The van der Waals surface area contributed by atoms with Crippen LogP contribution in [0.4, 0.5) is 0 Å². The Labute approximate surface area is 219 Å². The Morgan fingerprint density at radius 3 is 2.57 bits per heavy atom. The number of hydrogen-bond donors (Lipinski definition) is 1. The molecule has 1 aliphatic rings. The third-order valence-electron chi connectivity index (χ3n) is 7.14. The van der Waals surface area contributed by atoms with Gasteiger partial charge in [0.1, 0.15) is 6.07 Å². The first-order valence-corrected chi connectivity index (χ1v) is 12.7. The molecule has 0 saturated heterocycles. The van der Waals surface area contributed by atoms with Gasteiger partial charge in [-0.1, -0.05) is 23.7 Å². The fraction of sp³-hybridized carbons (Fsp3) is 0.321. The average molecular weight is 515 g/mol. The molecule has 0 aliphatic heterocycles. The van der Waals surface area contributed by atoms with Gasteiger partial charge in [-0.15, -0.1) is 0 Å². The number of imidazole rings is 1. The van der Waals surface area contributed by atoms with Crippen LogP contribution in [0.1, 0.15) is 53.0 Å². The molecular formula is C28H27ClN6O2. The highest BCUT2D eigenvalue weighted by Crippen LogP contribution is 2.28. The van der Waals surface area contributed by atoms with Gasteiger partial charge in [-0.3, -0.25) is 23.9 Å². The maximum absolute atomic E-state index is 13.7. The van der Waals surface area contributed by atoms with E-state index >= 15 is 0 Å². The number of hydrogen-bond acceptors (Lipinski definition) is 5. The molecule has 0 bridgehead atoms. The lowest BCUT2D eigenvalue weighted by molar-refractivity contribution is 0.0919. The second-order valence-electron chi connectivity index (χ2n) is 9.65. The third kappa shape index (κ3) is 4.87. The summed E-state index contributed by atoms with van der Waals surface area (Å²) < 4.78 is 3.40. The molecule has 0 spiro atoms. The van der Waals surface area contributed by atoms with E-state index in [0.717, 1.165) is 42.4 Å². The lowest BCUT2D eigenvalue weighted by Gasteiger charge is -2.29. The Morgan fingerprint density at radius 2 is 1.84 bits per heavy atom. The minimum absolute atomic E-state index is 0.0667. The van der Waals surface area contributed by atoms with Gasteiger partial charge < -0.3 is 5.32 Å². The maximum atomic E-state index is 13.7. The molecule has 3 heterocycles. The molecule has 5 rings (SSSR count). The van der Waals surface area contributed by atoms with Crippen LogP contribution >= 0.6 is 11.6 Å².